The normalized spacial score (nSPS) is 13.7. The van der Waals surface area contributed by atoms with Gasteiger partial charge in [0, 0.05) is 50.8 Å². The lowest BCUT2D eigenvalue weighted by molar-refractivity contribution is -0.131. The summed E-state index contributed by atoms with van der Waals surface area (Å²) in [4.78, 5) is 31.3. The second-order valence-electron chi connectivity index (χ2n) is 5.79. The molecule has 1 aromatic heterocycles. The Kier molecular flexibility index (Phi) is 7.22. The van der Waals surface area contributed by atoms with Gasteiger partial charge in [-0.3, -0.25) is 9.59 Å². The number of halogens is 2. The minimum Gasteiger partial charge on any atom is -0.451 e. The number of hydrogen-bond donors (Lipinski definition) is 0. The van der Waals surface area contributed by atoms with Crippen molar-refractivity contribution >= 4 is 17.4 Å². The number of rotatable bonds is 5. The molecule has 0 aliphatic carbocycles. The van der Waals surface area contributed by atoms with E-state index in [1.807, 2.05) is 4.90 Å². The van der Waals surface area contributed by atoms with Crippen molar-refractivity contribution in [2.45, 2.75) is 12.8 Å². The number of aromatic nitrogens is 1. The zero-order valence-electron chi connectivity index (χ0n) is 14.9. The Hall–Kier alpha value is -3.03. The fraction of sp³-hybridized carbons (Fsp3) is 0.316. The van der Waals surface area contributed by atoms with Gasteiger partial charge in [0.05, 0.1) is 0 Å². The van der Waals surface area contributed by atoms with E-state index in [9.17, 15) is 18.4 Å². The largest absolute Gasteiger partial charge is 0.451 e. The molecule has 0 spiro atoms. The summed E-state index contributed by atoms with van der Waals surface area (Å²) in [5.74, 6) is -1.61. The molecule has 1 aliphatic rings. The zero-order valence-corrected chi connectivity index (χ0v) is 14.9. The quantitative estimate of drug-likeness (QED) is 0.592. The van der Waals surface area contributed by atoms with Crippen LogP contribution in [0.1, 0.15) is 23.3 Å². The van der Waals surface area contributed by atoms with Crippen LogP contribution in [-0.4, -0.2) is 47.8 Å². The number of nitrogens with zero attached hydrogens (tertiary/aromatic N) is 3. The molecular weight excluding hydrogens is 356 g/mol. The highest BCUT2D eigenvalue weighted by molar-refractivity contribution is 5.96. The van der Waals surface area contributed by atoms with Gasteiger partial charge in [0.25, 0.3) is 0 Å². The van der Waals surface area contributed by atoms with Crippen LogP contribution >= 0.6 is 0 Å². The van der Waals surface area contributed by atoms with Crippen molar-refractivity contribution in [3.63, 3.8) is 0 Å². The van der Waals surface area contributed by atoms with Gasteiger partial charge in [-0.1, -0.05) is 0 Å². The zero-order chi connectivity index (χ0) is 19.8. The third kappa shape index (κ3) is 5.47. The Balaban J connectivity index is 0.00000126. The average molecular weight is 377 g/mol. The van der Waals surface area contributed by atoms with Crippen LogP contribution in [0.5, 0.6) is 0 Å². The van der Waals surface area contributed by atoms with Gasteiger partial charge in [0.15, 0.2) is 12.2 Å². The Morgan fingerprint density at radius 1 is 1.04 bits per heavy atom. The molecule has 1 saturated heterocycles. The number of hydrogen-bond acceptors (Lipinski definition) is 5. The van der Waals surface area contributed by atoms with Crippen molar-refractivity contribution in [3.05, 3.63) is 61.3 Å². The van der Waals surface area contributed by atoms with E-state index in [4.69, 9.17) is 4.42 Å². The van der Waals surface area contributed by atoms with E-state index >= 15 is 0 Å². The molecular formula is C19H21F2N3O3. The highest BCUT2D eigenvalue weighted by Gasteiger charge is 2.22. The Bertz CT molecular complexity index is 752. The molecule has 3 rings (SSSR count). The number of anilines is 1. The molecule has 1 aliphatic heterocycles. The predicted molar refractivity (Wildman–Crippen MR) is 96.5 cm³/mol. The molecule has 8 heteroatoms. The SMILES string of the molecule is C=C.O=C(CCC(=O)N1CCN(c2cc(F)cc(F)c2)CC1)c1cocn1. The van der Waals surface area contributed by atoms with Crippen LogP contribution in [0, 0.1) is 11.6 Å². The summed E-state index contributed by atoms with van der Waals surface area (Å²) in [5, 5.41) is 0. The van der Waals surface area contributed by atoms with Crippen molar-refractivity contribution in [2.75, 3.05) is 31.1 Å². The van der Waals surface area contributed by atoms with Crippen LogP contribution in [0.25, 0.3) is 0 Å². The molecule has 0 bridgehead atoms. The Morgan fingerprint density at radius 3 is 2.22 bits per heavy atom. The summed E-state index contributed by atoms with van der Waals surface area (Å²) in [5.41, 5.74) is 0.677. The first-order valence-corrected chi connectivity index (χ1v) is 8.43. The van der Waals surface area contributed by atoms with Gasteiger partial charge in [0.1, 0.15) is 23.6 Å². The lowest BCUT2D eigenvalue weighted by Crippen LogP contribution is -2.48. The van der Waals surface area contributed by atoms with Crippen LogP contribution in [0.2, 0.25) is 0 Å². The maximum atomic E-state index is 13.3. The predicted octanol–water partition coefficient (Wildman–Crippen LogP) is 3.07. The van der Waals surface area contributed by atoms with Gasteiger partial charge in [-0.15, -0.1) is 13.2 Å². The van der Waals surface area contributed by atoms with E-state index < -0.39 is 11.6 Å². The first-order chi connectivity index (χ1) is 13.0. The van der Waals surface area contributed by atoms with Crippen LogP contribution < -0.4 is 4.90 Å². The van der Waals surface area contributed by atoms with E-state index in [0.29, 0.717) is 31.9 Å². The van der Waals surface area contributed by atoms with E-state index in [0.717, 1.165) is 6.07 Å². The summed E-state index contributed by atoms with van der Waals surface area (Å²) in [6.07, 6.45) is 2.59. The minimum absolute atomic E-state index is 0.0701. The molecule has 2 aromatic rings. The van der Waals surface area contributed by atoms with Crippen LogP contribution in [0.15, 0.2) is 48.4 Å². The number of piperazine rings is 1. The fourth-order valence-electron chi connectivity index (χ4n) is 2.79. The first kappa shape index (κ1) is 20.3. The fourth-order valence-corrected chi connectivity index (χ4v) is 2.79. The highest BCUT2D eigenvalue weighted by Crippen LogP contribution is 2.20. The van der Waals surface area contributed by atoms with Gasteiger partial charge >= 0.3 is 0 Å². The molecule has 0 saturated carbocycles. The Labute approximate surface area is 156 Å². The number of Topliss-reactive ketones (excluding diaryl/α,β-unsaturated/α-hetero) is 1. The topological polar surface area (TPSA) is 66.7 Å². The number of benzene rings is 1. The summed E-state index contributed by atoms with van der Waals surface area (Å²) < 4.78 is 31.4. The summed E-state index contributed by atoms with van der Waals surface area (Å²) in [6, 6.07) is 3.38. The van der Waals surface area contributed by atoms with E-state index in [1.54, 1.807) is 4.90 Å². The van der Waals surface area contributed by atoms with Crippen molar-refractivity contribution in [3.8, 4) is 0 Å². The maximum Gasteiger partial charge on any atom is 0.223 e. The van der Waals surface area contributed by atoms with E-state index in [1.165, 1.54) is 24.8 Å². The van der Waals surface area contributed by atoms with Gasteiger partial charge < -0.3 is 14.2 Å². The molecule has 144 valence electrons. The third-order valence-corrected chi connectivity index (χ3v) is 4.13. The maximum absolute atomic E-state index is 13.3. The minimum atomic E-state index is -0.625. The van der Waals surface area contributed by atoms with Crippen LogP contribution in [-0.2, 0) is 4.79 Å². The lowest BCUT2D eigenvalue weighted by atomic mass is 10.1. The summed E-state index contributed by atoms with van der Waals surface area (Å²) in [7, 11) is 0. The number of carbonyl (C=O) groups is 2. The molecule has 2 heterocycles. The molecule has 0 N–H and O–H groups in total. The van der Waals surface area contributed by atoms with Gasteiger partial charge in [0.2, 0.25) is 5.91 Å². The molecule has 0 radical (unpaired) electrons. The monoisotopic (exact) mass is 377 g/mol. The highest BCUT2D eigenvalue weighted by atomic mass is 19.1. The average Bonchev–Trinajstić information content (AvgIpc) is 3.22. The molecule has 0 atom stereocenters. The molecule has 1 aromatic carbocycles. The van der Waals surface area contributed by atoms with Crippen molar-refractivity contribution in [2.24, 2.45) is 0 Å². The molecule has 6 nitrogen and oxygen atoms in total. The number of amides is 1. The summed E-state index contributed by atoms with van der Waals surface area (Å²) >= 11 is 0. The molecule has 1 amide bonds. The standard InChI is InChI=1S/C17H17F2N3O3.C2H4/c18-12-7-13(19)9-14(8-12)21-3-5-22(6-4-21)17(24)2-1-16(23)15-10-25-11-20-15;1-2/h7-11H,1-6H2;1-2H2. The van der Waals surface area contributed by atoms with E-state index in [-0.39, 0.29) is 30.2 Å². The molecule has 1 fully saturated rings. The molecule has 0 unspecified atom stereocenters. The van der Waals surface area contributed by atoms with Crippen LogP contribution in [0.3, 0.4) is 0 Å². The molecule has 27 heavy (non-hydrogen) atoms. The van der Waals surface area contributed by atoms with Crippen molar-refractivity contribution in [1.82, 2.24) is 9.88 Å². The Morgan fingerprint density at radius 2 is 1.67 bits per heavy atom. The third-order valence-electron chi connectivity index (χ3n) is 4.13. The van der Waals surface area contributed by atoms with Gasteiger partial charge in [-0.25, -0.2) is 13.8 Å². The van der Waals surface area contributed by atoms with Gasteiger partial charge in [-0.05, 0) is 12.1 Å². The second-order valence-corrected chi connectivity index (χ2v) is 5.79. The van der Waals surface area contributed by atoms with Crippen molar-refractivity contribution in [1.29, 1.82) is 0 Å². The second kappa shape index (κ2) is 9.61. The number of ketones is 1. The first-order valence-electron chi connectivity index (χ1n) is 8.43. The van der Waals surface area contributed by atoms with Gasteiger partial charge in [-0.2, -0.15) is 0 Å². The number of oxazole rings is 1. The summed E-state index contributed by atoms with van der Waals surface area (Å²) in [6.45, 7) is 7.84. The van der Waals surface area contributed by atoms with Crippen LogP contribution in [0.4, 0.5) is 14.5 Å². The van der Waals surface area contributed by atoms with Crippen molar-refractivity contribution < 1.29 is 22.8 Å². The number of carbonyl (C=O) groups excluding carboxylic acids is 2. The smallest absolute Gasteiger partial charge is 0.223 e. The lowest BCUT2D eigenvalue weighted by Gasteiger charge is -2.36. The van der Waals surface area contributed by atoms with E-state index in [2.05, 4.69) is 18.1 Å².